The normalized spacial score (nSPS) is 12.0. The number of hydrogen-bond acceptors (Lipinski definition) is 4. The molecule has 2 aromatic rings. The summed E-state index contributed by atoms with van der Waals surface area (Å²) in [5.74, 6) is -0.194. The van der Waals surface area contributed by atoms with Gasteiger partial charge in [-0.15, -0.1) is 0 Å². The van der Waals surface area contributed by atoms with Crippen molar-refractivity contribution < 1.29 is 13.9 Å². The summed E-state index contributed by atoms with van der Waals surface area (Å²) in [7, 11) is 3.67. The summed E-state index contributed by atoms with van der Waals surface area (Å²) in [4.78, 5) is 17.9. The fraction of sp³-hybridized carbons (Fsp3) is 0.294. The zero-order valence-electron chi connectivity index (χ0n) is 13.4. The summed E-state index contributed by atoms with van der Waals surface area (Å²) in [5.41, 5.74) is 0.676. The van der Waals surface area contributed by atoms with Crippen LogP contribution in [0.2, 0.25) is 0 Å². The van der Waals surface area contributed by atoms with Gasteiger partial charge in [-0.05, 0) is 39.2 Å². The molecule has 0 fully saturated rings. The fourth-order valence-corrected chi connectivity index (χ4v) is 1.85. The molecule has 0 spiro atoms. The zero-order valence-corrected chi connectivity index (χ0v) is 13.4. The number of pyridine rings is 1. The second-order valence-electron chi connectivity index (χ2n) is 5.36. The minimum atomic E-state index is -0.464. The number of nitrogens with one attached hydrogen (secondary N) is 1. The number of halogens is 1. The summed E-state index contributed by atoms with van der Waals surface area (Å²) in [5, 5.41) is 2.83. The van der Waals surface area contributed by atoms with Crippen LogP contribution in [0, 0.1) is 5.82 Å². The van der Waals surface area contributed by atoms with E-state index >= 15 is 0 Å². The number of benzene rings is 1. The van der Waals surface area contributed by atoms with Crippen molar-refractivity contribution in [2.45, 2.75) is 19.5 Å². The van der Waals surface area contributed by atoms with Crippen LogP contribution in [0.1, 0.15) is 12.5 Å². The van der Waals surface area contributed by atoms with Crippen molar-refractivity contribution in [3.05, 3.63) is 54.0 Å². The van der Waals surface area contributed by atoms with E-state index in [4.69, 9.17) is 4.74 Å². The lowest BCUT2D eigenvalue weighted by Crippen LogP contribution is -2.41. The largest absolute Gasteiger partial charge is 0.436 e. The Morgan fingerprint density at radius 2 is 2.04 bits per heavy atom. The Labute approximate surface area is 135 Å². The summed E-state index contributed by atoms with van der Waals surface area (Å²) < 4.78 is 19.2. The molecule has 1 heterocycles. The van der Waals surface area contributed by atoms with E-state index in [0.29, 0.717) is 5.56 Å². The first-order valence-corrected chi connectivity index (χ1v) is 7.29. The van der Waals surface area contributed by atoms with Crippen LogP contribution >= 0.6 is 0 Å². The molecular weight excluding hydrogens is 297 g/mol. The first-order chi connectivity index (χ1) is 11.0. The maximum absolute atomic E-state index is 13.7. The van der Waals surface area contributed by atoms with Gasteiger partial charge in [0, 0.05) is 18.3 Å². The monoisotopic (exact) mass is 317 g/mol. The Bertz CT molecular complexity index is 676. The van der Waals surface area contributed by atoms with E-state index in [1.165, 1.54) is 12.1 Å². The summed E-state index contributed by atoms with van der Waals surface area (Å²) in [6, 6.07) is 9.39. The highest BCUT2D eigenvalue weighted by Gasteiger charge is 2.16. The molecule has 0 aliphatic rings. The van der Waals surface area contributed by atoms with Gasteiger partial charge < -0.3 is 10.1 Å². The van der Waals surface area contributed by atoms with Gasteiger partial charge in [0.05, 0.1) is 6.04 Å². The molecule has 5 nitrogen and oxygen atoms in total. The van der Waals surface area contributed by atoms with Gasteiger partial charge in [0.15, 0.2) is 11.6 Å². The highest BCUT2D eigenvalue weighted by atomic mass is 19.1. The van der Waals surface area contributed by atoms with Gasteiger partial charge in [-0.2, -0.15) is 0 Å². The van der Waals surface area contributed by atoms with Crippen molar-refractivity contribution in [1.82, 2.24) is 15.2 Å². The van der Waals surface area contributed by atoms with E-state index in [1.807, 2.05) is 25.9 Å². The second kappa shape index (κ2) is 7.69. The average molecular weight is 317 g/mol. The van der Waals surface area contributed by atoms with Crippen LogP contribution in [-0.2, 0) is 11.3 Å². The molecule has 1 aromatic carbocycles. The predicted molar refractivity (Wildman–Crippen MR) is 85.7 cm³/mol. The molecule has 0 bridgehead atoms. The van der Waals surface area contributed by atoms with Gasteiger partial charge in [-0.25, -0.2) is 9.37 Å². The minimum Gasteiger partial charge on any atom is -0.436 e. The third-order valence-electron chi connectivity index (χ3n) is 3.50. The smallest absolute Gasteiger partial charge is 0.237 e. The van der Waals surface area contributed by atoms with E-state index < -0.39 is 5.82 Å². The lowest BCUT2D eigenvalue weighted by atomic mass is 10.2. The van der Waals surface area contributed by atoms with Crippen LogP contribution < -0.4 is 10.1 Å². The number of likely N-dealkylation sites (N-methyl/N-ethyl adjacent to an activating group) is 1. The number of rotatable bonds is 6. The molecule has 0 unspecified atom stereocenters. The fourth-order valence-electron chi connectivity index (χ4n) is 1.85. The van der Waals surface area contributed by atoms with Crippen LogP contribution in [0.5, 0.6) is 11.6 Å². The molecular formula is C17H20FN3O2. The summed E-state index contributed by atoms with van der Waals surface area (Å²) in [6.45, 7) is 2.07. The van der Waals surface area contributed by atoms with Crippen LogP contribution in [0.15, 0.2) is 42.6 Å². The Kier molecular flexibility index (Phi) is 5.65. The Morgan fingerprint density at radius 3 is 2.74 bits per heavy atom. The van der Waals surface area contributed by atoms with Gasteiger partial charge >= 0.3 is 0 Å². The van der Waals surface area contributed by atoms with E-state index in [2.05, 4.69) is 10.3 Å². The number of amides is 1. The molecule has 6 heteroatoms. The quantitative estimate of drug-likeness (QED) is 0.890. The number of aromatic nitrogens is 1. The molecule has 1 amide bonds. The molecule has 2 rings (SSSR count). The Balaban J connectivity index is 2.09. The molecule has 1 atom stereocenters. The van der Waals surface area contributed by atoms with Gasteiger partial charge in [0.1, 0.15) is 0 Å². The molecule has 0 saturated carbocycles. The van der Waals surface area contributed by atoms with Crippen molar-refractivity contribution >= 4 is 5.91 Å². The van der Waals surface area contributed by atoms with Crippen LogP contribution in [0.4, 0.5) is 4.39 Å². The van der Waals surface area contributed by atoms with E-state index in [1.54, 1.807) is 30.5 Å². The summed E-state index contributed by atoms with van der Waals surface area (Å²) in [6.07, 6.45) is 1.56. The molecule has 122 valence electrons. The van der Waals surface area contributed by atoms with Crippen molar-refractivity contribution in [3.8, 4) is 11.6 Å². The van der Waals surface area contributed by atoms with Crippen molar-refractivity contribution in [1.29, 1.82) is 0 Å². The number of carbonyl (C=O) groups is 1. The third kappa shape index (κ3) is 4.50. The molecule has 0 aliphatic carbocycles. The topological polar surface area (TPSA) is 54.5 Å². The van der Waals surface area contributed by atoms with Gasteiger partial charge in [-0.3, -0.25) is 9.69 Å². The maximum Gasteiger partial charge on any atom is 0.237 e. The highest BCUT2D eigenvalue weighted by Crippen LogP contribution is 2.25. The molecule has 0 saturated heterocycles. The van der Waals surface area contributed by atoms with Crippen molar-refractivity contribution in [2.24, 2.45) is 0 Å². The van der Waals surface area contributed by atoms with Gasteiger partial charge in [-0.1, -0.05) is 18.2 Å². The van der Waals surface area contributed by atoms with E-state index in [-0.39, 0.29) is 30.1 Å². The average Bonchev–Trinajstić information content (AvgIpc) is 2.55. The third-order valence-corrected chi connectivity index (χ3v) is 3.50. The van der Waals surface area contributed by atoms with E-state index in [0.717, 1.165) is 0 Å². The molecule has 1 N–H and O–H groups in total. The predicted octanol–water partition coefficient (Wildman–Crippen LogP) is 2.58. The number of para-hydroxylation sites is 1. The lowest BCUT2D eigenvalue weighted by Gasteiger charge is -2.19. The first kappa shape index (κ1) is 16.9. The zero-order chi connectivity index (χ0) is 16.8. The van der Waals surface area contributed by atoms with Crippen LogP contribution in [0.25, 0.3) is 0 Å². The molecule has 0 radical (unpaired) electrons. The SMILES string of the molecule is C[C@@H](C(=O)NCc1cccnc1Oc1ccccc1F)N(C)C. The number of ether oxygens (including phenoxy) is 1. The molecule has 1 aromatic heterocycles. The Morgan fingerprint density at radius 1 is 1.30 bits per heavy atom. The van der Waals surface area contributed by atoms with Crippen LogP contribution in [0.3, 0.4) is 0 Å². The van der Waals surface area contributed by atoms with Crippen LogP contribution in [-0.4, -0.2) is 35.9 Å². The van der Waals surface area contributed by atoms with Crippen molar-refractivity contribution in [2.75, 3.05) is 14.1 Å². The first-order valence-electron chi connectivity index (χ1n) is 7.29. The molecule has 0 aliphatic heterocycles. The number of hydrogen-bond donors (Lipinski definition) is 1. The lowest BCUT2D eigenvalue weighted by molar-refractivity contribution is -0.125. The minimum absolute atomic E-state index is 0.0976. The second-order valence-corrected chi connectivity index (χ2v) is 5.36. The van der Waals surface area contributed by atoms with Crippen molar-refractivity contribution in [3.63, 3.8) is 0 Å². The standard InChI is InChI=1S/C17H20FN3O2/c1-12(21(2)3)16(22)20-11-13-7-6-10-19-17(13)23-15-9-5-4-8-14(15)18/h4-10,12H,11H2,1-3H3,(H,20,22)/t12-/m0/s1. The number of carbonyl (C=O) groups excluding carboxylic acids is 1. The highest BCUT2D eigenvalue weighted by molar-refractivity contribution is 5.81. The number of nitrogens with zero attached hydrogens (tertiary/aromatic N) is 2. The molecule has 23 heavy (non-hydrogen) atoms. The van der Waals surface area contributed by atoms with Gasteiger partial charge in [0.25, 0.3) is 0 Å². The Hall–Kier alpha value is -2.47. The maximum atomic E-state index is 13.7. The van der Waals surface area contributed by atoms with Gasteiger partial charge in [0.2, 0.25) is 11.8 Å². The summed E-state index contributed by atoms with van der Waals surface area (Å²) >= 11 is 0. The van der Waals surface area contributed by atoms with E-state index in [9.17, 15) is 9.18 Å².